The third-order valence-corrected chi connectivity index (χ3v) is 7.17. The third kappa shape index (κ3) is 6.13. The van der Waals surface area contributed by atoms with Crippen molar-refractivity contribution in [2.45, 2.75) is 32.6 Å². The van der Waals surface area contributed by atoms with Crippen molar-refractivity contribution in [3.8, 4) is 11.4 Å². The minimum absolute atomic E-state index is 0.0276. The van der Waals surface area contributed by atoms with Gasteiger partial charge in [0.05, 0.1) is 30.4 Å². The Morgan fingerprint density at radius 3 is 2.65 bits per heavy atom. The number of ether oxygens (including phenoxy) is 1. The average Bonchev–Trinajstić information content (AvgIpc) is 3.32. The highest BCUT2D eigenvalue weighted by atomic mass is 19.4. The number of carbonyl (C=O) groups is 1. The predicted octanol–water partition coefficient (Wildman–Crippen LogP) is 2.92. The molecule has 40 heavy (non-hydrogen) atoms. The van der Waals surface area contributed by atoms with Crippen LogP contribution in [0.2, 0.25) is 0 Å². The molecule has 5 rings (SSSR count). The number of pyridine rings is 1. The number of hydrogen-bond donors (Lipinski definition) is 2. The molecule has 2 amide bonds. The lowest BCUT2D eigenvalue weighted by molar-refractivity contribution is -0.137. The number of fused-ring (bicyclic) bond motifs is 1. The van der Waals surface area contributed by atoms with Crippen LogP contribution in [0.1, 0.15) is 25.0 Å². The van der Waals surface area contributed by atoms with Crippen molar-refractivity contribution in [3.05, 3.63) is 35.7 Å². The van der Waals surface area contributed by atoms with Gasteiger partial charge in [0.25, 0.3) is 0 Å². The van der Waals surface area contributed by atoms with Crippen molar-refractivity contribution < 1.29 is 22.7 Å². The number of rotatable bonds is 6. The molecule has 0 saturated carbocycles. The Balaban J connectivity index is 1.58. The zero-order valence-corrected chi connectivity index (χ0v) is 22.8. The Kier molecular flexibility index (Phi) is 8.10. The number of carbonyl (C=O) groups excluding carboxylic acids is 1. The molecular weight excluding hydrogens is 527 g/mol. The fraction of sp³-hybridized carbons (Fsp3) is 0.538. The summed E-state index contributed by atoms with van der Waals surface area (Å²) in [5.74, 6) is 0.218. The van der Waals surface area contributed by atoms with Gasteiger partial charge in [0.2, 0.25) is 0 Å². The van der Waals surface area contributed by atoms with Crippen molar-refractivity contribution in [2.24, 2.45) is 0 Å². The summed E-state index contributed by atoms with van der Waals surface area (Å²) in [5, 5.41) is 9.35. The largest absolute Gasteiger partial charge is 0.417 e. The number of urea groups is 1. The summed E-state index contributed by atoms with van der Waals surface area (Å²) in [6.45, 7) is 10.1. The fourth-order valence-electron chi connectivity index (χ4n) is 5.01. The zero-order chi connectivity index (χ0) is 28.4. The molecule has 2 aliphatic rings. The lowest BCUT2D eigenvalue weighted by Gasteiger charge is -2.34. The molecule has 2 N–H and O–H groups in total. The van der Waals surface area contributed by atoms with Crippen molar-refractivity contribution in [3.63, 3.8) is 0 Å². The highest BCUT2D eigenvalue weighted by Gasteiger charge is 2.36. The molecule has 3 aromatic rings. The van der Waals surface area contributed by atoms with E-state index in [1.807, 2.05) is 19.2 Å². The van der Waals surface area contributed by atoms with Gasteiger partial charge >= 0.3 is 12.2 Å². The van der Waals surface area contributed by atoms with Gasteiger partial charge in [-0.05, 0) is 38.6 Å². The van der Waals surface area contributed by atoms with Crippen LogP contribution in [0.3, 0.4) is 0 Å². The Morgan fingerprint density at radius 1 is 1.18 bits per heavy atom. The number of nitrogens with zero attached hydrogens (tertiary/aromatic N) is 7. The maximum atomic E-state index is 14.3. The quantitative estimate of drug-likeness (QED) is 0.474. The molecule has 5 heterocycles. The Labute approximate surface area is 230 Å². The highest BCUT2D eigenvalue weighted by molar-refractivity contribution is 5.88. The van der Waals surface area contributed by atoms with Crippen molar-refractivity contribution in [2.75, 3.05) is 69.7 Å². The minimum Gasteiger partial charge on any atom is -0.377 e. The van der Waals surface area contributed by atoms with Crippen LogP contribution in [0.25, 0.3) is 16.9 Å². The second kappa shape index (κ2) is 11.6. The first-order valence-electron chi connectivity index (χ1n) is 13.4. The van der Waals surface area contributed by atoms with Crippen LogP contribution in [-0.4, -0.2) is 101 Å². The van der Waals surface area contributed by atoms with Crippen LogP contribution >= 0.6 is 0 Å². The second-order valence-corrected chi connectivity index (χ2v) is 10.2. The van der Waals surface area contributed by atoms with E-state index in [0.717, 1.165) is 49.5 Å². The summed E-state index contributed by atoms with van der Waals surface area (Å²) in [5.41, 5.74) is 0.471. The number of nitrogens with one attached hydrogen (secondary N) is 2. The molecule has 2 fully saturated rings. The monoisotopic (exact) mass is 561 g/mol. The molecule has 14 heteroatoms. The number of alkyl halides is 3. The van der Waals surface area contributed by atoms with E-state index in [1.165, 1.54) is 0 Å². The van der Waals surface area contributed by atoms with Gasteiger partial charge in [0.15, 0.2) is 11.6 Å². The van der Waals surface area contributed by atoms with Crippen molar-refractivity contribution >= 4 is 23.2 Å². The van der Waals surface area contributed by atoms with Gasteiger partial charge in [-0.15, -0.1) is 5.10 Å². The Bertz CT molecular complexity index is 1360. The van der Waals surface area contributed by atoms with Gasteiger partial charge in [-0.1, -0.05) is 0 Å². The first-order chi connectivity index (χ1) is 19.1. The third-order valence-electron chi connectivity index (χ3n) is 7.17. The maximum absolute atomic E-state index is 14.3. The number of halogens is 3. The number of piperazine rings is 1. The smallest absolute Gasteiger partial charge is 0.377 e. The van der Waals surface area contributed by atoms with Gasteiger partial charge in [0.1, 0.15) is 11.3 Å². The second-order valence-electron chi connectivity index (χ2n) is 10.2. The van der Waals surface area contributed by atoms with Crippen LogP contribution in [0.4, 0.5) is 29.6 Å². The van der Waals surface area contributed by atoms with Crippen LogP contribution in [-0.2, 0) is 17.5 Å². The number of anilines is 2. The molecule has 0 aliphatic carbocycles. The number of morpholine rings is 1. The van der Waals surface area contributed by atoms with E-state index in [4.69, 9.17) is 4.74 Å². The highest BCUT2D eigenvalue weighted by Crippen LogP contribution is 2.38. The number of aromatic nitrogens is 4. The summed E-state index contributed by atoms with van der Waals surface area (Å²) in [6, 6.07) is 2.16. The van der Waals surface area contributed by atoms with E-state index in [2.05, 4.69) is 47.4 Å². The number of amides is 2. The molecule has 0 spiro atoms. The van der Waals surface area contributed by atoms with Crippen LogP contribution < -0.4 is 15.5 Å². The van der Waals surface area contributed by atoms with E-state index >= 15 is 0 Å². The summed E-state index contributed by atoms with van der Waals surface area (Å²) >= 11 is 0. The van der Waals surface area contributed by atoms with Crippen LogP contribution in [0, 0.1) is 0 Å². The molecule has 0 bridgehead atoms. The molecule has 1 atom stereocenters. The number of likely N-dealkylation sites (N-methyl/N-ethyl adjacent to an activating group) is 1. The first-order valence-corrected chi connectivity index (χ1v) is 13.4. The molecular formula is C26H34F3N9O2. The van der Waals surface area contributed by atoms with E-state index < -0.39 is 17.8 Å². The minimum atomic E-state index is -4.73. The molecule has 11 nitrogen and oxygen atoms in total. The standard InChI is InChI=1S/C26H34F3N9O2/c1-4-30-25(39)32-22-12-20(26(27,28)29)19(13-31-22)23-33-24(37-9-10-40-16-17(37)2)21-11-18(15-38(21)34-23)14-36-7-5-35(3)6-8-36/h11-13,15,17H,4-10,14,16H2,1-3H3,(H2,30,31,32,39)/t17-/m0/s1. The Morgan fingerprint density at radius 2 is 1.95 bits per heavy atom. The summed E-state index contributed by atoms with van der Waals surface area (Å²) in [7, 11) is 2.10. The molecule has 3 aromatic heterocycles. The maximum Gasteiger partial charge on any atom is 0.417 e. The predicted molar refractivity (Wildman–Crippen MR) is 144 cm³/mol. The molecule has 2 aliphatic heterocycles. The van der Waals surface area contributed by atoms with Crippen LogP contribution in [0.5, 0.6) is 0 Å². The van der Waals surface area contributed by atoms with Crippen molar-refractivity contribution in [1.29, 1.82) is 0 Å². The lowest BCUT2D eigenvalue weighted by atomic mass is 10.1. The fourth-order valence-corrected chi connectivity index (χ4v) is 5.01. The molecule has 2 saturated heterocycles. The van der Waals surface area contributed by atoms with Gasteiger partial charge in [-0.2, -0.15) is 13.2 Å². The SMILES string of the molecule is CCNC(=O)Nc1cc(C(F)(F)F)c(-c2nc(N3CCOC[C@@H]3C)c3cc(CN4CCN(C)CC4)cn3n2)cn1. The normalized spacial score (nSPS) is 19.2. The van der Waals surface area contributed by atoms with E-state index in [0.29, 0.717) is 38.7 Å². The van der Waals surface area contributed by atoms with E-state index in [1.54, 1.807) is 11.4 Å². The lowest BCUT2D eigenvalue weighted by Crippen LogP contribution is -2.44. The van der Waals surface area contributed by atoms with Gasteiger partial charge in [0, 0.05) is 58.2 Å². The van der Waals surface area contributed by atoms with Crippen LogP contribution in [0.15, 0.2) is 24.5 Å². The zero-order valence-electron chi connectivity index (χ0n) is 22.8. The molecule has 0 radical (unpaired) electrons. The van der Waals surface area contributed by atoms with Gasteiger partial charge in [-0.3, -0.25) is 10.2 Å². The molecule has 216 valence electrons. The molecule has 0 aromatic carbocycles. The van der Waals surface area contributed by atoms with Gasteiger partial charge < -0.3 is 19.9 Å². The van der Waals surface area contributed by atoms with Gasteiger partial charge in [-0.25, -0.2) is 19.3 Å². The topological polar surface area (TPSA) is 103 Å². The van der Waals surface area contributed by atoms with Crippen molar-refractivity contribution in [1.82, 2.24) is 34.7 Å². The van der Waals surface area contributed by atoms with E-state index in [9.17, 15) is 18.0 Å². The summed E-state index contributed by atoms with van der Waals surface area (Å²) in [4.78, 5) is 27.3. The average molecular weight is 562 g/mol. The summed E-state index contributed by atoms with van der Waals surface area (Å²) < 4.78 is 50.0. The van der Waals surface area contributed by atoms with E-state index in [-0.39, 0.29) is 23.2 Å². The first kappa shape index (κ1) is 28.1. The molecule has 0 unspecified atom stereocenters. The summed E-state index contributed by atoms with van der Waals surface area (Å²) in [6.07, 6.45) is -1.81. The Hall–Kier alpha value is -3.49. The number of hydrogen-bond acceptors (Lipinski definition) is 8.